The highest BCUT2D eigenvalue weighted by Crippen LogP contribution is 2.34. The van der Waals surface area contributed by atoms with Crippen LogP contribution in [0.3, 0.4) is 0 Å². The van der Waals surface area contributed by atoms with Gasteiger partial charge >= 0.3 is 24.1 Å². The van der Waals surface area contributed by atoms with Gasteiger partial charge in [-0.15, -0.1) is 0 Å². The number of esters is 2. The maximum absolute atomic E-state index is 14.3. The zero-order chi connectivity index (χ0) is 39.1. The lowest BCUT2D eigenvalue weighted by Crippen LogP contribution is -2.52. The maximum atomic E-state index is 14.3. The van der Waals surface area contributed by atoms with Crippen LogP contribution in [0.15, 0.2) is 36.4 Å². The van der Waals surface area contributed by atoms with E-state index in [1.807, 2.05) is 67.0 Å². The number of piperidine rings is 3. The fourth-order valence-corrected chi connectivity index (χ4v) is 8.92. The molecule has 0 spiro atoms. The highest BCUT2D eigenvalue weighted by atomic mass is 16.6. The Bertz CT molecular complexity index is 1690. The first-order valence-corrected chi connectivity index (χ1v) is 20.0. The van der Waals surface area contributed by atoms with E-state index in [9.17, 15) is 24.0 Å². The first-order chi connectivity index (χ1) is 26.5. The Balaban J connectivity index is 1.07. The van der Waals surface area contributed by atoms with E-state index in [4.69, 9.17) is 14.2 Å². The van der Waals surface area contributed by atoms with Crippen molar-refractivity contribution in [1.29, 1.82) is 0 Å². The number of rotatable bonds is 10. The molecular formula is C42H57N5O8. The van der Waals surface area contributed by atoms with Crippen molar-refractivity contribution in [2.75, 3.05) is 64.3 Å². The molecule has 0 radical (unpaired) electrons. The first-order valence-electron chi connectivity index (χ1n) is 20.0. The van der Waals surface area contributed by atoms with Crippen molar-refractivity contribution < 1.29 is 38.2 Å². The van der Waals surface area contributed by atoms with E-state index in [-0.39, 0.29) is 30.4 Å². The van der Waals surface area contributed by atoms with Crippen molar-refractivity contribution in [3.8, 4) is 5.75 Å². The average Bonchev–Trinajstić information content (AvgIpc) is 3.34. The molecule has 298 valence electrons. The number of para-hydroxylation sites is 1. The summed E-state index contributed by atoms with van der Waals surface area (Å²) in [5.74, 6) is 0.754. The lowest BCUT2D eigenvalue weighted by molar-refractivity contribution is -0.144. The second kappa shape index (κ2) is 18.3. The number of urea groups is 1. The van der Waals surface area contributed by atoms with Gasteiger partial charge in [-0.25, -0.2) is 9.59 Å². The highest BCUT2D eigenvalue weighted by molar-refractivity contribution is 5.91. The van der Waals surface area contributed by atoms with E-state index >= 15 is 0 Å². The number of aryl methyl sites for hydroxylation is 2. The highest BCUT2D eigenvalue weighted by Gasteiger charge is 2.37. The van der Waals surface area contributed by atoms with Gasteiger partial charge < -0.3 is 34.2 Å². The summed E-state index contributed by atoms with van der Waals surface area (Å²) in [5.41, 5.74) is 4.29. The first kappa shape index (κ1) is 40.0. The van der Waals surface area contributed by atoms with Gasteiger partial charge in [-0.3, -0.25) is 19.3 Å². The fraction of sp³-hybridized carbons (Fsp3) is 0.595. The summed E-state index contributed by atoms with van der Waals surface area (Å²) in [6.07, 6.45) is 4.43. The predicted molar refractivity (Wildman–Crippen MR) is 207 cm³/mol. The van der Waals surface area contributed by atoms with Crippen molar-refractivity contribution in [2.45, 2.75) is 91.2 Å². The van der Waals surface area contributed by atoms with Crippen LogP contribution in [0, 0.1) is 25.7 Å². The van der Waals surface area contributed by atoms with Gasteiger partial charge in [-0.2, -0.15) is 0 Å². The molecule has 1 atom stereocenters. The summed E-state index contributed by atoms with van der Waals surface area (Å²) in [6.45, 7) is 12.0. The minimum absolute atomic E-state index is 0.0106. The molecule has 0 unspecified atom stereocenters. The summed E-state index contributed by atoms with van der Waals surface area (Å²) >= 11 is 0. The van der Waals surface area contributed by atoms with Gasteiger partial charge in [0.15, 0.2) is 6.10 Å². The Labute approximate surface area is 324 Å². The zero-order valence-corrected chi connectivity index (χ0v) is 32.8. The zero-order valence-electron chi connectivity index (χ0n) is 32.8. The lowest BCUT2D eigenvalue weighted by Gasteiger charge is -2.41. The Morgan fingerprint density at radius 1 is 0.836 bits per heavy atom. The van der Waals surface area contributed by atoms with E-state index in [2.05, 4.69) is 10.2 Å². The minimum atomic E-state index is -1.03. The minimum Gasteiger partial charge on any atom is -0.465 e. The Kier molecular flexibility index (Phi) is 13.3. The quantitative estimate of drug-likeness (QED) is 0.251. The normalized spacial score (nSPS) is 19.6. The summed E-state index contributed by atoms with van der Waals surface area (Å²) in [7, 11) is 0. The van der Waals surface area contributed by atoms with Crippen molar-refractivity contribution in [2.24, 2.45) is 11.8 Å². The predicted octanol–water partition coefficient (Wildman–Crippen LogP) is 5.34. The van der Waals surface area contributed by atoms with Crippen LogP contribution in [0.5, 0.6) is 5.75 Å². The van der Waals surface area contributed by atoms with Crippen molar-refractivity contribution in [3.63, 3.8) is 0 Å². The molecule has 0 saturated carbocycles. The SMILES string of the molecule is CCOC(=O)CN1CCC(C2CCN(C(=O)[C@@H](Cc3cc(C)c(OC(C)=O)c(C)c3)OC(=O)N3CCC(N4CCc5ccccc5NC4=O)CC3)CC2)CC1. The molecular weight excluding hydrogens is 702 g/mol. The molecule has 0 bridgehead atoms. The summed E-state index contributed by atoms with van der Waals surface area (Å²) < 4.78 is 16.7. The summed E-state index contributed by atoms with van der Waals surface area (Å²) in [6, 6.07) is 11.5. The van der Waals surface area contributed by atoms with Crippen LogP contribution in [0.4, 0.5) is 15.3 Å². The molecule has 4 amide bonds. The molecule has 0 aliphatic carbocycles. The van der Waals surface area contributed by atoms with Crippen LogP contribution < -0.4 is 10.1 Å². The van der Waals surface area contributed by atoms with E-state index in [0.717, 1.165) is 73.1 Å². The van der Waals surface area contributed by atoms with Crippen LogP contribution >= 0.6 is 0 Å². The van der Waals surface area contributed by atoms with Crippen LogP contribution in [-0.2, 0) is 36.7 Å². The van der Waals surface area contributed by atoms with Crippen molar-refractivity contribution in [3.05, 3.63) is 58.7 Å². The molecule has 2 aromatic carbocycles. The van der Waals surface area contributed by atoms with Gasteiger partial charge in [-0.05, 0) is 119 Å². The van der Waals surface area contributed by atoms with Gasteiger partial charge in [0.05, 0.1) is 13.2 Å². The number of benzene rings is 2. The molecule has 3 saturated heterocycles. The van der Waals surface area contributed by atoms with E-state index < -0.39 is 18.2 Å². The van der Waals surface area contributed by atoms with E-state index in [0.29, 0.717) is 76.3 Å². The molecule has 2 aromatic rings. The second-order valence-electron chi connectivity index (χ2n) is 15.6. The number of nitrogens with zero attached hydrogens (tertiary/aromatic N) is 4. The molecule has 1 N–H and O–H groups in total. The number of ether oxygens (including phenoxy) is 3. The number of nitrogens with one attached hydrogen (secondary N) is 1. The molecule has 0 aromatic heterocycles. The van der Waals surface area contributed by atoms with Crippen LogP contribution in [0.25, 0.3) is 0 Å². The standard InChI is InChI=1S/C42H57N5O8/c1-5-53-38(49)27-44-17-10-32(11-18-44)33-12-19-45(20-13-33)40(50)37(26-31-24-28(2)39(29(3)25-31)54-30(4)48)55-42(52)46-21-15-35(16-22-46)47-23-14-34-8-6-7-9-36(34)43-41(47)51/h6-9,24-25,32-33,35,37H,5,10-23,26-27H2,1-4H3,(H,43,51)/t37-/m1/s1. The molecule has 3 fully saturated rings. The van der Waals surface area contributed by atoms with Gasteiger partial charge in [0.25, 0.3) is 5.91 Å². The van der Waals surface area contributed by atoms with Crippen molar-refractivity contribution >= 4 is 35.7 Å². The molecule has 6 rings (SSSR count). The number of amides is 4. The van der Waals surface area contributed by atoms with Crippen molar-refractivity contribution in [1.82, 2.24) is 19.6 Å². The fourth-order valence-electron chi connectivity index (χ4n) is 8.92. The largest absolute Gasteiger partial charge is 0.465 e. The Morgan fingerprint density at radius 3 is 2.09 bits per heavy atom. The summed E-state index contributed by atoms with van der Waals surface area (Å²) in [4.78, 5) is 72.5. The average molecular weight is 760 g/mol. The number of carbonyl (C=O) groups is 5. The van der Waals surface area contributed by atoms with Crippen LogP contribution in [0.2, 0.25) is 0 Å². The third kappa shape index (κ3) is 10.2. The third-order valence-corrected chi connectivity index (χ3v) is 11.8. The number of carbonyl (C=O) groups excluding carboxylic acids is 5. The van der Waals surface area contributed by atoms with Crippen LogP contribution in [0.1, 0.15) is 74.6 Å². The second-order valence-corrected chi connectivity index (χ2v) is 15.6. The Morgan fingerprint density at radius 2 is 1.45 bits per heavy atom. The third-order valence-electron chi connectivity index (χ3n) is 11.8. The number of fused-ring (bicyclic) bond motifs is 1. The molecule has 4 heterocycles. The monoisotopic (exact) mass is 759 g/mol. The van der Waals surface area contributed by atoms with E-state index in [1.54, 1.807) is 4.90 Å². The summed E-state index contributed by atoms with van der Waals surface area (Å²) in [5, 5.41) is 3.05. The van der Waals surface area contributed by atoms with Gasteiger partial charge in [-0.1, -0.05) is 30.3 Å². The van der Waals surface area contributed by atoms with E-state index in [1.165, 1.54) is 6.92 Å². The smallest absolute Gasteiger partial charge is 0.410 e. The molecule has 55 heavy (non-hydrogen) atoms. The van der Waals surface area contributed by atoms with Gasteiger partial charge in [0.2, 0.25) is 0 Å². The maximum Gasteiger partial charge on any atom is 0.410 e. The van der Waals surface area contributed by atoms with Gasteiger partial charge in [0, 0.05) is 57.8 Å². The number of hydrogen-bond acceptors (Lipinski definition) is 9. The number of likely N-dealkylation sites (tertiary alicyclic amines) is 3. The molecule has 4 aliphatic rings. The topological polar surface area (TPSA) is 138 Å². The number of hydrogen-bond donors (Lipinski definition) is 1. The Hall–Kier alpha value is -4.65. The molecule has 4 aliphatic heterocycles. The molecule has 13 heteroatoms. The molecule has 13 nitrogen and oxygen atoms in total. The lowest BCUT2D eigenvalue weighted by atomic mass is 9.78. The number of anilines is 1. The van der Waals surface area contributed by atoms with Gasteiger partial charge in [0.1, 0.15) is 5.75 Å². The van der Waals surface area contributed by atoms with Crippen LogP contribution in [-0.4, -0.2) is 121 Å².